The summed E-state index contributed by atoms with van der Waals surface area (Å²) < 4.78 is 0. The molecule has 6 nitrogen and oxygen atoms in total. The van der Waals surface area contributed by atoms with E-state index in [0.29, 0.717) is 32.0 Å². The molecule has 0 radical (unpaired) electrons. The van der Waals surface area contributed by atoms with Crippen LogP contribution in [0.15, 0.2) is 0 Å². The maximum atomic E-state index is 12.6. The molecule has 0 spiro atoms. The molecule has 24 heavy (non-hydrogen) atoms. The van der Waals surface area contributed by atoms with Crippen molar-refractivity contribution in [3.05, 3.63) is 0 Å². The van der Waals surface area contributed by atoms with E-state index in [2.05, 4.69) is 31.2 Å². The van der Waals surface area contributed by atoms with E-state index < -0.39 is 11.9 Å². The van der Waals surface area contributed by atoms with Crippen LogP contribution in [0, 0.1) is 17.8 Å². The van der Waals surface area contributed by atoms with E-state index >= 15 is 0 Å². The fourth-order valence-corrected chi connectivity index (χ4v) is 4.41. The Kier molecular flexibility index (Phi) is 6.12. The topological polar surface area (TPSA) is 72.9 Å². The monoisotopic (exact) mass is 339 g/mol. The van der Waals surface area contributed by atoms with Gasteiger partial charge in [0.25, 0.3) is 0 Å². The van der Waals surface area contributed by atoms with Crippen molar-refractivity contribution in [3.63, 3.8) is 0 Å². The summed E-state index contributed by atoms with van der Waals surface area (Å²) >= 11 is 0. The standard InChI is InChI=1S/C18H33N3O3/c1-13-6-5-7-18(9-13,20(3)4)12-19-17(24)21-10-14(2)8-15(11-21)16(22)23/h13-15H,5-12H2,1-4H3,(H,19,24)(H,22,23). The number of piperidine rings is 1. The molecule has 2 fully saturated rings. The van der Waals surface area contributed by atoms with Gasteiger partial charge in [0, 0.05) is 25.2 Å². The lowest BCUT2D eigenvalue weighted by atomic mass is 9.75. The molecule has 0 aromatic rings. The maximum Gasteiger partial charge on any atom is 0.317 e. The molecule has 1 saturated carbocycles. The van der Waals surface area contributed by atoms with Gasteiger partial charge >= 0.3 is 12.0 Å². The number of carbonyl (C=O) groups is 2. The van der Waals surface area contributed by atoms with Crippen LogP contribution in [0.2, 0.25) is 0 Å². The van der Waals surface area contributed by atoms with Crippen LogP contribution >= 0.6 is 0 Å². The first-order valence-electron chi connectivity index (χ1n) is 9.16. The van der Waals surface area contributed by atoms with Crippen LogP contribution in [0.5, 0.6) is 0 Å². The lowest BCUT2D eigenvalue weighted by Crippen LogP contribution is -2.57. The van der Waals surface area contributed by atoms with Crippen molar-refractivity contribution in [1.29, 1.82) is 0 Å². The molecule has 4 atom stereocenters. The second kappa shape index (κ2) is 7.72. The summed E-state index contributed by atoms with van der Waals surface area (Å²) in [5.41, 5.74) is 0.0148. The average Bonchev–Trinajstić information content (AvgIpc) is 2.51. The first-order valence-corrected chi connectivity index (χ1v) is 9.16. The minimum absolute atomic E-state index is 0.0148. The van der Waals surface area contributed by atoms with E-state index in [1.54, 1.807) is 4.90 Å². The minimum Gasteiger partial charge on any atom is -0.481 e. The fraction of sp³-hybridized carbons (Fsp3) is 0.889. The van der Waals surface area contributed by atoms with Crippen LogP contribution in [0.1, 0.15) is 46.0 Å². The summed E-state index contributed by atoms with van der Waals surface area (Å²) in [5.74, 6) is -0.352. The molecule has 2 aliphatic rings. The SMILES string of the molecule is CC1CC(C(=O)O)CN(C(=O)NCC2(N(C)C)CCCC(C)C2)C1. The molecule has 1 aliphatic heterocycles. The molecule has 1 saturated heterocycles. The van der Waals surface area contributed by atoms with Crippen LogP contribution in [-0.4, -0.2) is 66.2 Å². The smallest absolute Gasteiger partial charge is 0.317 e. The zero-order chi connectivity index (χ0) is 17.9. The molecule has 2 N–H and O–H groups in total. The van der Waals surface area contributed by atoms with E-state index in [1.165, 1.54) is 12.8 Å². The van der Waals surface area contributed by atoms with E-state index in [0.717, 1.165) is 12.8 Å². The predicted octanol–water partition coefficient (Wildman–Crippen LogP) is 2.25. The largest absolute Gasteiger partial charge is 0.481 e. The molecule has 2 rings (SSSR count). The first-order chi connectivity index (χ1) is 11.2. The number of urea groups is 1. The van der Waals surface area contributed by atoms with Crippen LogP contribution in [0.25, 0.3) is 0 Å². The molecule has 1 aliphatic carbocycles. The van der Waals surface area contributed by atoms with Gasteiger partial charge in [-0.05, 0) is 45.2 Å². The Morgan fingerprint density at radius 2 is 1.96 bits per heavy atom. The van der Waals surface area contributed by atoms with E-state index in [9.17, 15) is 14.7 Å². The Morgan fingerprint density at radius 1 is 1.25 bits per heavy atom. The van der Waals surface area contributed by atoms with Gasteiger partial charge in [0.1, 0.15) is 0 Å². The quantitative estimate of drug-likeness (QED) is 0.824. The third kappa shape index (κ3) is 4.41. The number of rotatable bonds is 4. The number of nitrogens with zero attached hydrogens (tertiary/aromatic N) is 2. The van der Waals surface area contributed by atoms with Crippen LogP contribution in [0.4, 0.5) is 4.79 Å². The predicted molar refractivity (Wildman–Crippen MR) is 93.9 cm³/mol. The molecule has 2 amide bonds. The lowest BCUT2D eigenvalue weighted by Gasteiger charge is -2.45. The Labute approximate surface area is 145 Å². The summed E-state index contributed by atoms with van der Waals surface area (Å²) in [6.45, 7) is 5.88. The first kappa shape index (κ1) is 19.0. The van der Waals surface area contributed by atoms with Gasteiger partial charge in [-0.25, -0.2) is 4.79 Å². The molecular formula is C18H33N3O3. The van der Waals surface area contributed by atoms with Gasteiger partial charge in [0.15, 0.2) is 0 Å². The van der Waals surface area contributed by atoms with Gasteiger partial charge in [-0.2, -0.15) is 0 Å². The number of aliphatic carboxylic acids is 1. The highest BCUT2D eigenvalue weighted by Crippen LogP contribution is 2.35. The molecule has 0 bridgehead atoms. The summed E-state index contributed by atoms with van der Waals surface area (Å²) in [7, 11) is 4.18. The number of carbonyl (C=O) groups excluding carboxylic acids is 1. The number of amides is 2. The number of hydrogen-bond acceptors (Lipinski definition) is 3. The minimum atomic E-state index is -0.801. The van der Waals surface area contributed by atoms with Gasteiger partial charge in [-0.15, -0.1) is 0 Å². The Bertz CT molecular complexity index is 468. The van der Waals surface area contributed by atoms with Crippen molar-refractivity contribution in [2.24, 2.45) is 17.8 Å². The zero-order valence-electron chi connectivity index (χ0n) is 15.5. The Hall–Kier alpha value is -1.30. The second-order valence-electron chi connectivity index (χ2n) is 8.26. The number of hydrogen-bond donors (Lipinski definition) is 2. The van der Waals surface area contributed by atoms with Gasteiger partial charge in [0.05, 0.1) is 5.92 Å². The van der Waals surface area contributed by atoms with Crippen LogP contribution < -0.4 is 5.32 Å². The van der Waals surface area contributed by atoms with Crippen molar-refractivity contribution >= 4 is 12.0 Å². The van der Waals surface area contributed by atoms with Crippen LogP contribution in [0.3, 0.4) is 0 Å². The molecule has 0 aromatic carbocycles. The van der Waals surface area contributed by atoms with Crippen molar-refractivity contribution in [3.8, 4) is 0 Å². The maximum absolute atomic E-state index is 12.6. The van der Waals surface area contributed by atoms with Crippen molar-refractivity contribution in [2.45, 2.75) is 51.5 Å². The number of likely N-dealkylation sites (tertiary alicyclic amines) is 1. The van der Waals surface area contributed by atoms with Crippen molar-refractivity contribution in [2.75, 3.05) is 33.7 Å². The number of nitrogens with one attached hydrogen (secondary N) is 1. The molecule has 1 heterocycles. The lowest BCUT2D eigenvalue weighted by molar-refractivity contribution is -0.143. The normalized spacial score (nSPS) is 34.2. The molecule has 4 unspecified atom stereocenters. The van der Waals surface area contributed by atoms with Crippen molar-refractivity contribution in [1.82, 2.24) is 15.1 Å². The zero-order valence-corrected chi connectivity index (χ0v) is 15.5. The summed E-state index contributed by atoms with van der Waals surface area (Å²) in [4.78, 5) is 27.8. The summed E-state index contributed by atoms with van der Waals surface area (Å²) in [5, 5.41) is 12.4. The molecule has 0 aromatic heterocycles. The molecular weight excluding hydrogens is 306 g/mol. The highest BCUT2D eigenvalue weighted by atomic mass is 16.4. The third-order valence-corrected chi connectivity index (χ3v) is 5.88. The molecule has 138 valence electrons. The Balaban J connectivity index is 1.96. The molecule has 6 heteroatoms. The van der Waals surface area contributed by atoms with E-state index in [4.69, 9.17) is 0 Å². The Morgan fingerprint density at radius 3 is 2.54 bits per heavy atom. The summed E-state index contributed by atoms with van der Waals surface area (Å²) in [6.07, 6.45) is 5.29. The fourth-order valence-electron chi connectivity index (χ4n) is 4.41. The second-order valence-corrected chi connectivity index (χ2v) is 8.26. The third-order valence-electron chi connectivity index (χ3n) is 5.88. The number of carboxylic acid groups (broad SMARTS) is 1. The summed E-state index contributed by atoms with van der Waals surface area (Å²) in [6, 6.07) is -0.118. The highest BCUT2D eigenvalue weighted by Gasteiger charge is 2.38. The number of carboxylic acids is 1. The number of likely N-dealkylation sites (N-methyl/N-ethyl adjacent to an activating group) is 1. The van der Waals surface area contributed by atoms with Gasteiger partial charge in [0.2, 0.25) is 0 Å². The van der Waals surface area contributed by atoms with Crippen LogP contribution in [-0.2, 0) is 4.79 Å². The van der Waals surface area contributed by atoms with E-state index in [1.807, 2.05) is 6.92 Å². The average molecular weight is 339 g/mol. The highest BCUT2D eigenvalue weighted by molar-refractivity contribution is 5.76. The van der Waals surface area contributed by atoms with Gasteiger partial charge < -0.3 is 20.2 Å². The van der Waals surface area contributed by atoms with Crippen molar-refractivity contribution < 1.29 is 14.7 Å². The van der Waals surface area contributed by atoms with Gasteiger partial charge in [-0.1, -0.05) is 26.7 Å². The van der Waals surface area contributed by atoms with Gasteiger partial charge in [-0.3, -0.25) is 4.79 Å². The van der Waals surface area contributed by atoms with E-state index in [-0.39, 0.29) is 17.5 Å².